The third kappa shape index (κ3) is 3.29. The zero-order chi connectivity index (χ0) is 16.2. The van der Waals surface area contributed by atoms with Crippen molar-refractivity contribution in [2.75, 3.05) is 5.32 Å². The van der Waals surface area contributed by atoms with Gasteiger partial charge in [-0.1, -0.05) is 25.1 Å². The molecule has 0 aliphatic rings. The molecular formula is C18H16FN3O. The summed E-state index contributed by atoms with van der Waals surface area (Å²) >= 11 is 0. The highest BCUT2D eigenvalue weighted by Gasteiger charge is 2.12. The van der Waals surface area contributed by atoms with Crippen LogP contribution in [0.2, 0.25) is 0 Å². The van der Waals surface area contributed by atoms with Gasteiger partial charge in [-0.25, -0.2) is 9.07 Å². The fourth-order valence-electron chi connectivity index (χ4n) is 2.32. The summed E-state index contributed by atoms with van der Waals surface area (Å²) in [5.74, 6) is -0.582. The third-order valence-corrected chi connectivity index (χ3v) is 3.56. The van der Waals surface area contributed by atoms with Crippen molar-refractivity contribution in [2.45, 2.75) is 13.3 Å². The van der Waals surface area contributed by atoms with Gasteiger partial charge in [0, 0.05) is 11.9 Å². The van der Waals surface area contributed by atoms with Crippen LogP contribution in [0.4, 0.5) is 10.1 Å². The Bertz CT molecular complexity index is 824. The lowest BCUT2D eigenvalue weighted by Gasteiger charge is -2.08. The van der Waals surface area contributed by atoms with Crippen LogP contribution in [-0.2, 0) is 6.42 Å². The van der Waals surface area contributed by atoms with Gasteiger partial charge in [0.05, 0.1) is 5.69 Å². The van der Waals surface area contributed by atoms with Crippen LogP contribution in [0, 0.1) is 5.82 Å². The number of carbonyl (C=O) groups excluding carboxylic acids is 1. The molecule has 4 nitrogen and oxygen atoms in total. The molecule has 0 atom stereocenters. The van der Waals surface area contributed by atoms with E-state index in [-0.39, 0.29) is 11.7 Å². The molecule has 5 heteroatoms. The molecule has 0 radical (unpaired) electrons. The number of carbonyl (C=O) groups is 1. The fraction of sp³-hybridized carbons (Fsp3) is 0.111. The molecule has 1 N–H and O–H groups in total. The SMILES string of the molecule is CCc1ccccc1NC(=O)c1ccn(-c2ccc(F)cc2)n1. The number of aryl methyl sites for hydroxylation is 1. The van der Waals surface area contributed by atoms with Gasteiger partial charge in [-0.3, -0.25) is 4.79 Å². The van der Waals surface area contributed by atoms with Crippen molar-refractivity contribution >= 4 is 11.6 Å². The first-order chi connectivity index (χ1) is 11.2. The van der Waals surface area contributed by atoms with Crippen LogP contribution in [-0.4, -0.2) is 15.7 Å². The summed E-state index contributed by atoms with van der Waals surface area (Å²) in [6, 6.07) is 15.2. The molecule has 2 aromatic carbocycles. The predicted octanol–water partition coefficient (Wildman–Crippen LogP) is 3.83. The number of nitrogens with zero attached hydrogens (tertiary/aromatic N) is 2. The Balaban J connectivity index is 1.80. The van der Waals surface area contributed by atoms with E-state index in [2.05, 4.69) is 10.4 Å². The maximum absolute atomic E-state index is 13.0. The number of nitrogens with one attached hydrogen (secondary N) is 1. The van der Waals surface area contributed by atoms with Crippen LogP contribution in [0.3, 0.4) is 0 Å². The van der Waals surface area contributed by atoms with Gasteiger partial charge in [-0.2, -0.15) is 5.10 Å². The minimum absolute atomic E-state index is 0.272. The Morgan fingerprint density at radius 3 is 2.61 bits per heavy atom. The molecule has 0 bridgehead atoms. The molecule has 0 fully saturated rings. The lowest BCUT2D eigenvalue weighted by molar-refractivity contribution is 0.102. The summed E-state index contributed by atoms with van der Waals surface area (Å²) in [7, 11) is 0. The Labute approximate surface area is 133 Å². The van der Waals surface area contributed by atoms with E-state index in [1.54, 1.807) is 29.1 Å². The highest BCUT2D eigenvalue weighted by Crippen LogP contribution is 2.16. The number of benzene rings is 2. The molecule has 0 spiro atoms. The maximum Gasteiger partial charge on any atom is 0.276 e. The second kappa shape index (κ2) is 6.44. The third-order valence-electron chi connectivity index (χ3n) is 3.56. The van der Waals surface area contributed by atoms with Crippen molar-refractivity contribution in [1.82, 2.24) is 9.78 Å². The summed E-state index contributed by atoms with van der Waals surface area (Å²) in [6.07, 6.45) is 2.51. The molecule has 23 heavy (non-hydrogen) atoms. The van der Waals surface area contributed by atoms with Gasteiger partial charge >= 0.3 is 0 Å². The lowest BCUT2D eigenvalue weighted by atomic mass is 10.1. The van der Waals surface area contributed by atoms with Gasteiger partial charge in [0.25, 0.3) is 5.91 Å². The number of amides is 1. The Hall–Kier alpha value is -2.95. The molecule has 0 aliphatic carbocycles. The van der Waals surface area contributed by atoms with E-state index < -0.39 is 0 Å². The van der Waals surface area contributed by atoms with E-state index in [9.17, 15) is 9.18 Å². The molecule has 116 valence electrons. The topological polar surface area (TPSA) is 46.9 Å². The van der Waals surface area contributed by atoms with Crippen molar-refractivity contribution in [1.29, 1.82) is 0 Å². The quantitative estimate of drug-likeness (QED) is 0.796. The number of halogens is 1. The highest BCUT2D eigenvalue weighted by molar-refractivity contribution is 6.03. The minimum Gasteiger partial charge on any atom is -0.320 e. The van der Waals surface area contributed by atoms with Crippen molar-refractivity contribution in [3.05, 3.63) is 77.9 Å². The second-order valence-electron chi connectivity index (χ2n) is 5.09. The first kappa shape index (κ1) is 15.0. The average Bonchev–Trinajstić information content (AvgIpc) is 3.06. The summed E-state index contributed by atoms with van der Waals surface area (Å²) in [5.41, 5.74) is 2.86. The van der Waals surface area contributed by atoms with Gasteiger partial charge in [-0.15, -0.1) is 0 Å². The molecule has 3 aromatic rings. The Kier molecular flexibility index (Phi) is 4.19. The second-order valence-corrected chi connectivity index (χ2v) is 5.09. The van der Waals surface area contributed by atoms with Crippen LogP contribution < -0.4 is 5.32 Å². The van der Waals surface area contributed by atoms with Gasteiger partial charge in [0.2, 0.25) is 0 Å². The number of aromatic nitrogens is 2. The average molecular weight is 309 g/mol. The minimum atomic E-state index is -0.310. The molecule has 1 amide bonds. The van der Waals surface area contributed by atoms with Gasteiger partial charge in [-0.05, 0) is 48.4 Å². The fourth-order valence-corrected chi connectivity index (χ4v) is 2.32. The number of rotatable bonds is 4. The smallest absolute Gasteiger partial charge is 0.276 e. The van der Waals surface area contributed by atoms with Crippen molar-refractivity contribution < 1.29 is 9.18 Å². The molecule has 0 aliphatic heterocycles. The molecular weight excluding hydrogens is 293 g/mol. The molecule has 0 saturated carbocycles. The van der Waals surface area contributed by atoms with Crippen LogP contribution in [0.15, 0.2) is 60.8 Å². The number of para-hydroxylation sites is 1. The Morgan fingerprint density at radius 1 is 1.13 bits per heavy atom. The summed E-state index contributed by atoms with van der Waals surface area (Å²) in [6.45, 7) is 2.04. The first-order valence-electron chi connectivity index (χ1n) is 7.38. The van der Waals surface area contributed by atoms with Crippen LogP contribution in [0.5, 0.6) is 0 Å². The standard InChI is InChI=1S/C18H16FN3O/c1-2-13-5-3-4-6-16(13)20-18(23)17-11-12-22(21-17)15-9-7-14(19)8-10-15/h3-12H,2H2,1H3,(H,20,23). The van der Waals surface area contributed by atoms with Crippen LogP contribution >= 0.6 is 0 Å². The summed E-state index contributed by atoms with van der Waals surface area (Å²) in [4.78, 5) is 12.3. The zero-order valence-corrected chi connectivity index (χ0v) is 12.7. The van der Waals surface area contributed by atoms with Crippen LogP contribution in [0.25, 0.3) is 5.69 Å². The normalized spacial score (nSPS) is 10.5. The summed E-state index contributed by atoms with van der Waals surface area (Å²) in [5, 5.41) is 7.12. The largest absolute Gasteiger partial charge is 0.320 e. The molecule has 1 aromatic heterocycles. The predicted molar refractivity (Wildman–Crippen MR) is 87.3 cm³/mol. The molecule has 0 unspecified atom stereocenters. The van der Waals surface area contributed by atoms with Crippen molar-refractivity contribution in [3.63, 3.8) is 0 Å². The van der Waals surface area contributed by atoms with Gasteiger partial charge < -0.3 is 5.32 Å². The lowest BCUT2D eigenvalue weighted by Crippen LogP contribution is -2.14. The molecule has 3 rings (SSSR count). The van der Waals surface area contributed by atoms with Gasteiger partial charge in [0.1, 0.15) is 5.82 Å². The van der Waals surface area contributed by atoms with E-state index in [1.165, 1.54) is 12.1 Å². The Morgan fingerprint density at radius 2 is 1.87 bits per heavy atom. The van der Waals surface area contributed by atoms with E-state index in [1.807, 2.05) is 31.2 Å². The number of anilines is 1. The van der Waals surface area contributed by atoms with E-state index in [0.29, 0.717) is 11.4 Å². The monoisotopic (exact) mass is 309 g/mol. The first-order valence-corrected chi connectivity index (χ1v) is 7.38. The van der Waals surface area contributed by atoms with E-state index >= 15 is 0 Å². The zero-order valence-electron chi connectivity index (χ0n) is 12.7. The number of hydrogen-bond acceptors (Lipinski definition) is 2. The van der Waals surface area contributed by atoms with Crippen LogP contribution in [0.1, 0.15) is 23.0 Å². The van der Waals surface area contributed by atoms with E-state index in [0.717, 1.165) is 17.7 Å². The van der Waals surface area contributed by atoms with E-state index in [4.69, 9.17) is 0 Å². The maximum atomic E-state index is 13.0. The summed E-state index contributed by atoms with van der Waals surface area (Å²) < 4.78 is 14.5. The molecule has 1 heterocycles. The van der Waals surface area contributed by atoms with Crippen molar-refractivity contribution in [2.24, 2.45) is 0 Å². The highest BCUT2D eigenvalue weighted by atomic mass is 19.1. The molecule has 0 saturated heterocycles. The number of hydrogen-bond donors (Lipinski definition) is 1. The van der Waals surface area contributed by atoms with Gasteiger partial charge in [0.15, 0.2) is 5.69 Å². The van der Waals surface area contributed by atoms with Crippen molar-refractivity contribution in [3.8, 4) is 5.69 Å².